The van der Waals surface area contributed by atoms with Gasteiger partial charge < -0.3 is 16.5 Å². The van der Waals surface area contributed by atoms with E-state index in [1.807, 2.05) is 5.43 Å². The lowest BCUT2D eigenvalue weighted by atomic mass is 10.3. The van der Waals surface area contributed by atoms with Crippen LogP contribution >= 0.6 is 0 Å². The van der Waals surface area contributed by atoms with Crippen molar-refractivity contribution in [3.05, 3.63) is 17.7 Å². The fourth-order valence-electron chi connectivity index (χ4n) is 1.16. The Morgan fingerprint density at radius 1 is 1.35 bits per heavy atom. The Morgan fingerprint density at radius 3 is 2.59 bits per heavy atom. The van der Waals surface area contributed by atoms with Crippen LogP contribution in [0.3, 0.4) is 0 Å². The van der Waals surface area contributed by atoms with Gasteiger partial charge in [0.2, 0.25) is 5.91 Å². The number of nitrogens with two attached hydrogens (primary N) is 2. The summed E-state index contributed by atoms with van der Waals surface area (Å²) in [5, 5.41) is 2.61. The zero-order valence-electron chi connectivity index (χ0n) is 8.96. The quantitative estimate of drug-likeness (QED) is 0.328. The molecular weight excluding hydrogens is 232 g/mol. The smallest absolute Gasteiger partial charge is 0.217 e. The predicted molar refractivity (Wildman–Crippen MR) is 58.9 cm³/mol. The SMILES string of the molecule is NNc1nc(NCCCC(N)=O)c(F)cc1F. The number of amides is 1. The first kappa shape index (κ1) is 13.1. The molecular formula is C9H13F2N5O. The molecule has 1 amide bonds. The molecule has 0 aromatic carbocycles. The Hall–Kier alpha value is -1.96. The van der Waals surface area contributed by atoms with Crippen LogP contribution in [0.2, 0.25) is 0 Å². The summed E-state index contributed by atoms with van der Waals surface area (Å²) in [5.74, 6) is 2.45. The van der Waals surface area contributed by atoms with E-state index >= 15 is 0 Å². The highest BCUT2D eigenvalue weighted by Gasteiger charge is 2.10. The van der Waals surface area contributed by atoms with Gasteiger partial charge in [0, 0.05) is 19.0 Å². The Morgan fingerprint density at radius 2 is 2.00 bits per heavy atom. The summed E-state index contributed by atoms with van der Waals surface area (Å²) in [6.45, 7) is 0.294. The van der Waals surface area contributed by atoms with E-state index in [1.54, 1.807) is 0 Å². The number of nitrogen functional groups attached to an aromatic ring is 1. The number of anilines is 2. The standard InChI is InChI=1S/C9H13F2N5O/c10-5-4-6(11)9(16-13)15-8(5)14-3-1-2-7(12)17/h4H,1-3,13H2,(H2,12,17)(H2,14,15,16). The minimum atomic E-state index is -0.882. The van der Waals surface area contributed by atoms with Crippen LogP contribution < -0.4 is 22.3 Å². The first-order chi connectivity index (χ1) is 8.04. The molecule has 1 heterocycles. The number of nitrogens with zero attached hydrogens (tertiary/aromatic N) is 1. The number of hydrogen-bond donors (Lipinski definition) is 4. The lowest BCUT2D eigenvalue weighted by molar-refractivity contribution is -0.118. The molecule has 6 N–H and O–H groups in total. The van der Waals surface area contributed by atoms with Gasteiger partial charge in [0.1, 0.15) is 0 Å². The first-order valence-corrected chi connectivity index (χ1v) is 4.89. The van der Waals surface area contributed by atoms with Crippen molar-refractivity contribution in [2.45, 2.75) is 12.8 Å². The predicted octanol–water partition coefficient (Wildman–Crippen LogP) is 0.323. The van der Waals surface area contributed by atoms with Crippen molar-refractivity contribution in [3.63, 3.8) is 0 Å². The highest BCUT2D eigenvalue weighted by Crippen LogP contribution is 2.17. The number of hydrazine groups is 1. The molecule has 0 atom stereocenters. The first-order valence-electron chi connectivity index (χ1n) is 4.89. The van der Waals surface area contributed by atoms with Crippen molar-refractivity contribution in [1.29, 1.82) is 0 Å². The van der Waals surface area contributed by atoms with Gasteiger partial charge in [-0.05, 0) is 6.42 Å². The van der Waals surface area contributed by atoms with Gasteiger partial charge in [-0.15, -0.1) is 0 Å². The van der Waals surface area contributed by atoms with Crippen molar-refractivity contribution in [3.8, 4) is 0 Å². The Labute approximate surface area is 96.4 Å². The summed E-state index contributed by atoms with van der Waals surface area (Å²) >= 11 is 0. The number of rotatable bonds is 6. The Balaban J connectivity index is 2.61. The van der Waals surface area contributed by atoms with Gasteiger partial charge in [0.15, 0.2) is 23.3 Å². The van der Waals surface area contributed by atoms with Crippen LogP contribution in [0.4, 0.5) is 20.4 Å². The summed E-state index contributed by atoms with van der Waals surface area (Å²) in [5.41, 5.74) is 6.94. The Bertz CT molecular complexity index is 413. The van der Waals surface area contributed by atoms with E-state index in [0.717, 1.165) is 0 Å². The zero-order valence-corrected chi connectivity index (χ0v) is 8.96. The lowest BCUT2D eigenvalue weighted by Gasteiger charge is -2.08. The van der Waals surface area contributed by atoms with Gasteiger partial charge in [-0.3, -0.25) is 4.79 Å². The highest BCUT2D eigenvalue weighted by atomic mass is 19.1. The van der Waals surface area contributed by atoms with Crippen molar-refractivity contribution >= 4 is 17.5 Å². The molecule has 0 radical (unpaired) electrons. The van der Waals surface area contributed by atoms with Crippen molar-refractivity contribution in [1.82, 2.24) is 4.98 Å². The summed E-state index contributed by atoms with van der Waals surface area (Å²) in [7, 11) is 0. The van der Waals surface area contributed by atoms with Gasteiger partial charge in [0.05, 0.1) is 0 Å². The number of halogens is 2. The molecule has 6 nitrogen and oxygen atoms in total. The fraction of sp³-hybridized carbons (Fsp3) is 0.333. The van der Waals surface area contributed by atoms with E-state index in [1.165, 1.54) is 0 Å². The summed E-state index contributed by atoms with van der Waals surface area (Å²) < 4.78 is 26.2. The number of carbonyl (C=O) groups excluding carboxylic acids is 1. The van der Waals surface area contributed by atoms with Gasteiger partial charge in [0.25, 0.3) is 0 Å². The second-order valence-corrected chi connectivity index (χ2v) is 3.29. The van der Waals surface area contributed by atoms with Crippen LogP contribution in [0.1, 0.15) is 12.8 Å². The van der Waals surface area contributed by atoms with E-state index in [2.05, 4.69) is 10.3 Å². The van der Waals surface area contributed by atoms with E-state index in [9.17, 15) is 13.6 Å². The largest absolute Gasteiger partial charge is 0.370 e. The highest BCUT2D eigenvalue weighted by molar-refractivity contribution is 5.73. The summed E-state index contributed by atoms with van der Waals surface area (Å²) in [4.78, 5) is 14.0. The van der Waals surface area contributed by atoms with E-state index in [0.29, 0.717) is 19.0 Å². The molecule has 0 bridgehead atoms. The summed E-state index contributed by atoms with van der Waals surface area (Å²) in [6.07, 6.45) is 0.608. The van der Waals surface area contributed by atoms with Crippen molar-refractivity contribution in [2.24, 2.45) is 11.6 Å². The second kappa shape index (κ2) is 5.94. The number of carbonyl (C=O) groups is 1. The Kier molecular flexibility index (Phi) is 4.58. The van der Waals surface area contributed by atoms with E-state index < -0.39 is 17.5 Å². The maximum Gasteiger partial charge on any atom is 0.217 e. The number of aromatic nitrogens is 1. The van der Waals surface area contributed by atoms with Crippen LogP contribution in [0, 0.1) is 11.6 Å². The molecule has 0 saturated heterocycles. The topological polar surface area (TPSA) is 106 Å². The average molecular weight is 245 g/mol. The molecule has 1 aromatic rings. The van der Waals surface area contributed by atoms with Crippen LogP contribution in [0.5, 0.6) is 0 Å². The van der Waals surface area contributed by atoms with E-state index in [-0.39, 0.29) is 18.1 Å². The number of primary amides is 1. The van der Waals surface area contributed by atoms with Gasteiger partial charge in [-0.1, -0.05) is 0 Å². The summed E-state index contributed by atoms with van der Waals surface area (Å²) in [6, 6.07) is 0.665. The van der Waals surface area contributed by atoms with Gasteiger partial charge >= 0.3 is 0 Å². The average Bonchev–Trinajstić information content (AvgIpc) is 2.26. The molecule has 0 unspecified atom stereocenters. The monoisotopic (exact) mass is 245 g/mol. The molecule has 1 aromatic heterocycles. The molecule has 0 spiro atoms. The molecule has 94 valence electrons. The second-order valence-electron chi connectivity index (χ2n) is 3.29. The fourth-order valence-corrected chi connectivity index (χ4v) is 1.16. The minimum absolute atomic E-state index is 0.135. The van der Waals surface area contributed by atoms with Crippen molar-refractivity contribution < 1.29 is 13.6 Å². The third-order valence-corrected chi connectivity index (χ3v) is 1.96. The van der Waals surface area contributed by atoms with Crippen LogP contribution in [-0.2, 0) is 4.79 Å². The van der Waals surface area contributed by atoms with E-state index in [4.69, 9.17) is 11.6 Å². The number of pyridine rings is 1. The lowest BCUT2D eigenvalue weighted by Crippen LogP contribution is -2.15. The van der Waals surface area contributed by atoms with Crippen LogP contribution in [0.15, 0.2) is 6.07 Å². The molecule has 0 fully saturated rings. The molecule has 8 heteroatoms. The molecule has 0 aliphatic heterocycles. The molecule has 1 rings (SSSR count). The minimum Gasteiger partial charge on any atom is -0.370 e. The van der Waals surface area contributed by atoms with Gasteiger partial charge in [-0.2, -0.15) is 0 Å². The third kappa shape index (κ3) is 3.83. The normalized spacial score (nSPS) is 10.1. The maximum atomic E-state index is 13.2. The number of hydrogen-bond acceptors (Lipinski definition) is 5. The molecule has 17 heavy (non-hydrogen) atoms. The maximum absolute atomic E-state index is 13.2. The van der Waals surface area contributed by atoms with Gasteiger partial charge in [-0.25, -0.2) is 19.6 Å². The third-order valence-electron chi connectivity index (χ3n) is 1.96. The van der Waals surface area contributed by atoms with Crippen LogP contribution in [0.25, 0.3) is 0 Å². The molecule has 0 aliphatic rings. The van der Waals surface area contributed by atoms with Crippen molar-refractivity contribution in [2.75, 3.05) is 17.3 Å². The molecule has 0 aliphatic carbocycles. The molecule has 0 saturated carbocycles. The zero-order chi connectivity index (χ0) is 12.8. The van der Waals surface area contributed by atoms with Crippen LogP contribution in [-0.4, -0.2) is 17.4 Å². The number of nitrogens with one attached hydrogen (secondary N) is 2.